The number of piperazine rings is 1. The Morgan fingerprint density at radius 1 is 0.913 bits per heavy atom. The second-order valence-corrected chi connectivity index (χ2v) is 6.37. The van der Waals surface area contributed by atoms with E-state index in [2.05, 4.69) is 77.4 Å². The van der Waals surface area contributed by atoms with Crippen LogP contribution in [0.1, 0.15) is 22.3 Å². The summed E-state index contributed by atoms with van der Waals surface area (Å²) in [4.78, 5) is 2.50. The fourth-order valence-electron chi connectivity index (χ4n) is 2.86. The highest BCUT2D eigenvalue weighted by molar-refractivity contribution is 5.79. The molecule has 0 bridgehead atoms. The summed E-state index contributed by atoms with van der Waals surface area (Å²) in [5, 5.41) is 6.80. The minimum atomic E-state index is 0.994. The van der Waals surface area contributed by atoms with Gasteiger partial charge in [-0.25, -0.2) is 0 Å². The van der Waals surface area contributed by atoms with Crippen LogP contribution in [-0.4, -0.2) is 42.3 Å². The van der Waals surface area contributed by atoms with Gasteiger partial charge < -0.3 is 0 Å². The molecule has 1 heterocycles. The van der Waals surface area contributed by atoms with Gasteiger partial charge in [0.25, 0.3) is 0 Å². The number of hydrogen-bond acceptors (Lipinski definition) is 3. The van der Waals surface area contributed by atoms with Gasteiger partial charge in [-0.2, -0.15) is 5.10 Å². The predicted molar refractivity (Wildman–Crippen MR) is 96.8 cm³/mol. The first-order valence-electron chi connectivity index (χ1n) is 8.32. The first-order chi connectivity index (χ1) is 11.2. The van der Waals surface area contributed by atoms with Crippen LogP contribution in [-0.2, 0) is 6.54 Å². The molecule has 0 unspecified atom stereocenters. The predicted octanol–water partition coefficient (Wildman–Crippen LogP) is 3.46. The molecular weight excluding hydrogens is 282 g/mol. The smallest absolute Gasteiger partial charge is 0.0543 e. The topological polar surface area (TPSA) is 18.8 Å². The Balaban J connectivity index is 1.49. The average molecular weight is 307 g/mol. The molecule has 0 radical (unpaired) electrons. The zero-order chi connectivity index (χ0) is 16.1. The third-order valence-electron chi connectivity index (χ3n) is 4.29. The van der Waals surface area contributed by atoms with E-state index in [9.17, 15) is 0 Å². The third-order valence-corrected chi connectivity index (χ3v) is 4.29. The van der Waals surface area contributed by atoms with E-state index in [1.165, 1.54) is 22.3 Å². The zero-order valence-electron chi connectivity index (χ0n) is 14.1. The van der Waals surface area contributed by atoms with Gasteiger partial charge in [-0.15, -0.1) is 0 Å². The zero-order valence-corrected chi connectivity index (χ0v) is 14.1. The van der Waals surface area contributed by atoms with Crippen LogP contribution in [0.2, 0.25) is 0 Å². The standard InChI is InChI=1S/C20H25N3/c1-17-6-8-19(9-7-17)16-22-10-12-23(13-11-22)21-15-20-5-3-4-18(2)14-20/h3-9,14-15H,10-13,16H2,1-2H3/b21-15+. The van der Waals surface area contributed by atoms with E-state index in [1.807, 2.05) is 6.21 Å². The molecule has 3 rings (SSSR count). The van der Waals surface area contributed by atoms with Crippen LogP contribution < -0.4 is 0 Å². The Labute approximate surface area is 139 Å². The minimum Gasteiger partial charge on any atom is -0.295 e. The van der Waals surface area contributed by atoms with Crippen molar-refractivity contribution in [2.45, 2.75) is 20.4 Å². The molecule has 2 aromatic carbocycles. The number of rotatable bonds is 4. The fraction of sp³-hybridized carbons (Fsp3) is 0.350. The molecule has 0 saturated carbocycles. The lowest BCUT2D eigenvalue weighted by Gasteiger charge is -2.33. The summed E-state index contributed by atoms with van der Waals surface area (Å²) in [5.41, 5.74) is 5.17. The van der Waals surface area contributed by atoms with Gasteiger partial charge in [-0.1, -0.05) is 59.7 Å². The molecule has 0 aromatic heterocycles. The number of hydrazone groups is 1. The van der Waals surface area contributed by atoms with Gasteiger partial charge in [0, 0.05) is 32.7 Å². The van der Waals surface area contributed by atoms with Crippen molar-refractivity contribution < 1.29 is 0 Å². The Morgan fingerprint density at radius 3 is 2.35 bits per heavy atom. The van der Waals surface area contributed by atoms with Crippen molar-refractivity contribution in [1.82, 2.24) is 9.91 Å². The summed E-state index contributed by atoms with van der Waals surface area (Å²) in [6.07, 6.45) is 1.97. The van der Waals surface area contributed by atoms with Crippen molar-refractivity contribution in [2.75, 3.05) is 26.2 Å². The van der Waals surface area contributed by atoms with Crippen LogP contribution in [0, 0.1) is 13.8 Å². The van der Waals surface area contributed by atoms with E-state index in [1.54, 1.807) is 0 Å². The number of benzene rings is 2. The number of aryl methyl sites for hydroxylation is 2. The second-order valence-electron chi connectivity index (χ2n) is 6.37. The summed E-state index contributed by atoms with van der Waals surface area (Å²) >= 11 is 0. The summed E-state index contributed by atoms with van der Waals surface area (Å²) in [6, 6.07) is 17.3. The maximum absolute atomic E-state index is 4.63. The summed E-state index contributed by atoms with van der Waals surface area (Å²) < 4.78 is 0. The molecule has 0 amide bonds. The molecule has 1 aliphatic heterocycles. The van der Waals surface area contributed by atoms with Crippen LogP contribution in [0.15, 0.2) is 53.6 Å². The van der Waals surface area contributed by atoms with E-state index in [-0.39, 0.29) is 0 Å². The molecule has 1 fully saturated rings. The monoisotopic (exact) mass is 307 g/mol. The van der Waals surface area contributed by atoms with Gasteiger partial charge in [0.1, 0.15) is 0 Å². The summed E-state index contributed by atoms with van der Waals surface area (Å²) in [7, 11) is 0. The molecule has 0 aliphatic carbocycles. The average Bonchev–Trinajstić information content (AvgIpc) is 2.56. The van der Waals surface area contributed by atoms with Crippen molar-refractivity contribution in [2.24, 2.45) is 5.10 Å². The normalized spacial score (nSPS) is 16.2. The van der Waals surface area contributed by atoms with Gasteiger partial charge in [-0.05, 0) is 25.0 Å². The van der Waals surface area contributed by atoms with Crippen LogP contribution in [0.3, 0.4) is 0 Å². The molecule has 1 aliphatic rings. The lowest BCUT2D eigenvalue weighted by Crippen LogP contribution is -2.43. The molecule has 1 saturated heterocycles. The van der Waals surface area contributed by atoms with Gasteiger partial charge in [-0.3, -0.25) is 9.91 Å². The first-order valence-corrected chi connectivity index (χ1v) is 8.32. The van der Waals surface area contributed by atoms with E-state index in [0.29, 0.717) is 0 Å². The number of nitrogens with zero attached hydrogens (tertiary/aromatic N) is 3. The summed E-state index contributed by atoms with van der Waals surface area (Å²) in [6.45, 7) is 9.41. The van der Waals surface area contributed by atoms with Gasteiger partial charge in [0.2, 0.25) is 0 Å². The maximum atomic E-state index is 4.63. The van der Waals surface area contributed by atoms with Crippen LogP contribution in [0.25, 0.3) is 0 Å². The van der Waals surface area contributed by atoms with Gasteiger partial charge >= 0.3 is 0 Å². The highest BCUT2D eigenvalue weighted by Gasteiger charge is 2.15. The highest BCUT2D eigenvalue weighted by Crippen LogP contribution is 2.10. The van der Waals surface area contributed by atoms with E-state index < -0.39 is 0 Å². The molecule has 0 N–H and O–H groups in total. The van der Waals surface area contributed by atoms with Crippen LogP contribution >= 0.6 is 0 Å². The van der Waals surface area contributed by atoms with E-state index >= 15 is 0 Å². The molecule has 3 nitrogen and oxygen atoms in total. The Bertz CT molecular complexity index is 653. The summed E-state index contributed by atoms with van der Waals surface area (Å²) in [5.74, 6) is 0. The Morgan fingerprint density at radius 2 is 1.65 bits per heavy atom. The maximum Gasteiger partial charge on any atom is 0.0543 e. The van der Waals surface area contributed by atoms with Crippen molar-refractivity contribution in [1.29, 1.82) is 0 Å². The molecular formula is C20H25N3. The van der Waals surface area contributed by atoms with Crippen molar-refractivity contribution >= 4 is 6.21 Å². The lowest BCUT2D eigenvalue weighted by molar-refractivity contribution is 0.131. The van der Waals surface area contributed by atoms with Crippen molar-refractivity contribution in [3.05, 3.63) is 70.8 Å². The van der Waals surface area contributed by atoms with Crippen LogP contribution in [0.4, 0.5) is 0 Å². The molecule has 2 aromatic rings. The molecule has 23 heavy (non-hydrogen) atoms. The van der Waals surface area contributed by atoms with E-state index in [0.717, 1.165) is 32.7 Å². The third kappa shape index (κ3) is 4.67. The molecule has 0 atom stereocenters. The van der Waals surface area contributed by atoms with Crippen molar-refractivity contribution in [3.63, 3.8) is 0 Å². The SMILES string of the molecule is Cc1ccc(CN2CCN(/N=C/c3cccc(C)c3)CC2)cc1. The number of hydrogen-bond donors (Lipinski definition) is 0. The largest absolute Gasteiger partial charge is 0.295 e. The lowest BCUT2D eigenvalue weighted by atomic mass is 10.1. The minimum absolute atomic E-state index is 0.994. The van der Waals surface area contributed by atoms with Crippen LogP contribution in [0.5, 0.6) is 0 Å². The fourth-order valence-corrected chi connectivity index (χ4v) is 2.86. The van der Waals surface area contributed by atoms with Gasteiger partial charge in [0.15, 0.2) is 0 Å². The Kier molecular flexibility index (Phi) is 5.09. The highest BCUT2D eigenvalue weighted by atomic mass is 15.5. The van der Waals surface area contributed by atoms with Gasteiger partial charge in [0.05, 0.1) is 6.21 Å². The molecule has 0 spiro atoms. The second kappa shape index (κ2) is 7.42. The molecule has 120 valence electrons. The Hall–Kier alpha value is -2.13. The van der Waals surface area contributed by atoms with Crippen molar-refractivity contribution in [3.8, 4) is 0 Å². The first kappa shape index (κ1) is 15.8. The van der Waals surface area contributed by atoms with E-state index in [4.69, 9.17) is 0 Å². The quantitative estimate of drug-likeness (QED) is 0.806. The molecule has 3 heteroatoms.